The fourth-order valence-electron chi connectivity index (χ4n) is 3.07. The first kappa shape index (κ1) is 19.3. The van der Waals surface area contributed by atoms with Crippen molar-refractivity contribution >= 4 is 18.0 Å². The first-order valence-electron chi connectivity index (χ1n) is 8.99. The van der Waals surface area contributed by atoms with Crippen molar-refractivity contribution in [3.05, 3.63) is 35.9 Å². The normalized spacial score (nSPS) is 20.0. The van der Waals surface area contributed by atoms with E-state index in [1.165, 1.54) is 18.4 Å². The van der Waals surface area contributed by atoms with Crippen LogP contribution in [0.4, 0.5) is 0 Å². The zero-order chi connectivity index (χ0) is 17.4. The second-order valence-electron chi connectivity index (χ2n) is 7.47. The summed E-state index contributed by atoms with van der Waals surface area (Å²) in [6, 6.07) is 11.2. The lowest BCUT2D eigenvalue weighted by molar-refractivity contribution is 0.118. The number of benzene rings is 1. The molecule has 1 heterocycles. The monoisotopic (exact) mass is 348 g/mol. The van der Waals surface area contributed by atoms with Crippen LogP contribution in [0, 0.1) is 0 Å². The molecule has 24 heavy (non-hydrogen) atoms. The zero-order valence-electron chi connectivity index (χ0n) is 15.6. The first-order chi connectivity index (χ1) is 11.5. The van der Waals surface area contributed by atoms with Gasteiger partial charge in [0.25, 0.3) is 0 Å². The van der Waals surface area contributed by atoms with Crippen molar-refractivity contribution in [1.82, 2.24) is 5.01 Å². The molecule has 1 aliphatic heterocycles. The fourth-order valence-corrected chi connectivity index (χ4v) is 4.33. The van der Waals surface area contributed by atoms with E-state index in [0.717, 1.165) is 26.0 Å². The van der Waals surface area contributed by atoms with Crippen LogP contribution in [0.5, 0.6) is 0 Å². The number of hydrogen-bond donors (Lipinski definition) is 0. The van der Waals surface area contributed by atoms with Gasteiger partial charge in [-0.1, -0.05) is 51.1 Å². The predicted octanol–water partition coefficient (Wildman–Crippen LogP) is 4.62. The van der Waals surface area contributed by atoms with Crippen LogP contribution >= 0.6 is 11.8 Å². The van der Waals surface area contributed by atoms with Crippen LogP contribution in [0.25, 0.3) is 0 Å². The molecule has 4 heteroatoms. The van der Waals surface area contributed by atoms with Crippen LogP contribution in [0.15, 0.2) is 35.4 Å². The van der Waals surface area contributed by atoms with E-state index in [9.17, 15) is 0 Å². The summed E-state index contributed by atoms with van der Waals surface area (Å²) < 4.78 is 5.57. The summed E-state index contributed by atoms with van der Waals surface area (Å²) in [6.45, 7) is 8.67. The van der Waals surface area contributed by atoms with Gasteiger partial charge in [0.15, 0.2) is 0 Å². The minimum atomic E-state index is 0.240. The Bertz CT molecular complexity index is 498. The Morgan fingerprint density at radius 3 is 2.75 bits per heavy atom. The Hall–Kier alpha value is -1.00. The van der Waals surface area contributed by atoms with E-state index in [-0.39, 0.29) is 4.75 Å². The number of nitrogens with zero attached hydrogens (tertiary/aromatic N) is 2. The van der Waals surface area contributed by atoms with Gasteiger partial charge >= 0.3 is 0 Å². The van der Waals surface area contributed by atoms with Gasteiger partial charge in [-0.2, -0.15) is 5.10 Å². The van der Waals surface area contributed by atoms with E-state index in [1.54, 1.807) is 7.11 Å². The third-order valence-electron chi connectivity index (χ3n) is 4.15. The van der Waals surface area contributed by atoms with Gasteiger partial charge in [-0.25, -0.2) is 0 Å². The van der Waals surface area contributed by atoms with Crippen LogP contribution in [0.2, 0.25) is 0 Å². The van der Waals surface area contributed by atoms with E-state index in [1.807, 2.05) is 11.8 Å². The molecule has 0 radical (unpaired) electrons. The van der Waals surface area contributed by atoms with Gasteiger partial charge in [0.05, 0.1) is 12.6 Å². The van der Waals surface area contributed by atoms with E-state index in [0.29, 0.717) is 11.3 Å². The molecule has 0 spiro atoms. The lowest BCUT2D eigenvalue weighted by atomic mass is 10.1. The molecule has 134 valence electrons. The number of thioether (sulfide) groups is 1. The first-order valence-corrected chi connectivity index (χ1v) is 9.87. The second kappa shape index (κ2) is 9.47. The molecule has 1 aromatic rings. The molecule has 2 atom stereocenters. The SMILES string of the molecule is COC[C@@H]1CCCN1/N=C\[C@H](CCc1ccccc1)SC(C)(C)C. The van der Waals surface area contributed by atoms with Gasteiger partial charge in [0.1, 0.15) is 0 Å². The third-order valence-corrected chi connectivity index (χ3v) is 5.52. The van der Waals surface area contributed by atoms with Crippen LogP contribution in [0.1, 0.15) is 45.6 Å². The Labute approximate surface area is 151 Å². The van der Waals surface area contributed by atoms with Gasteiger partial charge in [0.2, 0.25) is 0 Å². The van der Waals surface area contributed by atoms with Crippen LogP contribution in [-0.4, -0.2) is 47.5 Å². The largest absolute Gasteiger partial charge is 0.382 e. The fraction of sp³-hybridized carbons (Fsp3) is 0.650. The van der Waals surface area contributed by atoms with Crippen molar-refractivity contribution in [3.8, 4) is 0 Å². The quantitative estimate of drug-likeness (QED) is 0.641. The lowest BCUT2D eigenvalue weighted by Crippen LogP contribution is -2.29. The number of hydrogen-bond acceptors (Lipinski definition) is 4. The molecule has 0 aromatic heterocycles. The van der Waals surface area contributed by atoms with Crippen molar-refractivity contribution in [3.63, 3.8) is 0 Å². The smallest absolute Gasteiger partial charge is 0.0704 e. The molecule has 3 nitrogen and oxygen atoms in total. The number of ether oxygens (including phenoxy) is 1. The maximum Gasteiger partial charge on any atom is 0.0704 e. The van der Waals surface area contributed by atoms with Crippen LogP contribution in [0.3, 0.4) is 0 Å². The molecule has 2 rings (SSSR count). The molecule has 0 N–H and O–H groups in total. The average Bonchev–Trinajstić information content (AvgIpc) is 2.97. The Kier molecular flexibility index (Phi) is 7.63. The number of hydrazone groups is 1. The highest BCUT2D eigenvalue weighted by Gasteiger charge is 2.24. The zero-order valence-corrected chi connectivity index (χ0v) is 16.4. The molecule has 1 aromatic carbocycles. The Morgan fingerprint density at radius 2 is 2.08 bits per heavy atom. The van der Waals surface area contributed by atoms with Gasteiger partial charge in [-0.3, -0.25) is 5.01 Å². The highest BCUT2D eigenvalue weighted by molar-refractivity contribution is 8.01. The maximum atomic E-state index is 5.33. The highest BCUT2D eigenvalue weighted by Crippen LogP contribution is 2.30. The number of methoxy groups -OCH3 is 1. The van der Waals surface area contributed by atoms with Crippen LogP contribution < -0.4 is 0 Å². The van der Waals surface area contributed by atoms with E-state index in [4.69, 9.17) is 9.84 Å². The Balaban J connectivity index is 1.96. The molecule has 1 saturated heterocycles. The summed E-state index contributed by atoms with van der Waals surface area (Å²) >= 11 is 2.01. The topological polar surface area (TPSA) is 24.8 Å². The van der Waals surface area contributed by atoms with Crippen molar-refractivity contribution in [2.45, 2.75) is 62.5 Å². The number of aryl methyl sites for hydroxylation is 1. The van der Waals surface area contributed by atoms with Crippen LogP contribution in [-0.2, 0) is 11.2 Å². The molecule has 1 fully saturated rings. The minimum absolute atomic E-state index is 0.240. The van der Waals surface area contributed by atoms with Crippen molar-refractivity contribution < 1.29 is 4.74 Å². The van der Waals surface area contributed by atoms with Gasteiger partial charge in [-0.15, -0.1) is 11.8 Å². The molecular formula is C20H32N2OS. The molecule has 0 unspecified atom stereocenters. The molecule has 0 bridgehead atoms. The maximum absolute atomic E-state index is 5.33. The molecular weight excluding hydrogens is 316 g/mol. The van der Waals surface area contributed by atoms with Crippen molar-refractivity contribution in [2.24, 2.45) is 5.10 Å². The van der Waals surface area contributed by atoms with Gasteiger partial charge in [-0.05, 0) is 31.2 Å². The van der Waals surface area contributed by atoms with E-state index >= 15 is 0 Å². The summed E-state index contributed by atoms with van der Waals surface area (Å²) in [5.41, 5.74) is 1.41. The summed E-state index contributed by atoms with van der Waals surface area (Å²) in [4.78, 5) is 0. The van der Waals surface area contributed by atoms with E-state index in [2.05, 4.69) is 62.3 Å². The predicted molar refractivity (Wildman–Crippen MR) is 106 cm³/mol. The Morgan fingerprint density at radius 1 is 1.33 bits per heavy atom. The van der Waals surface area contributed by atoms with E-state index < -0.39 is 0 Å². The summed E-state index contributed by atoms with van der Waals surface area (Å²) in [5.74, 6) is 0. The highest BCUT2D eigenvalue weighted by atomic mass is 32.2. The number of rotatable bonds is 8. The average molecular weight is 349 g/mol. The lowest BCUT2D eigenvalue weighted by Gasteiger charge is -2.25. The standard InChI is InChI=1S/C20H32N2OS/c1-20(2,3)24-19(13-12-17-9-6-5-7-10-17)15-21-22-14-8-11-18(22)16-23-4/h5-7,9-10,15,18-19H,8,11-14,16H2,1-4H3/b21-15-/t18-,19-/m0/s1. The third kappa shape index (κ3) is 6.86. The minimum Gasteiger partial charge on any atom is -0.382 e. The molecule has 0 aliphatic carbocycles. The molecule has 0 amide bonds. The van der Waals surface area contributed by atoms with Crippen molar-refractivity contribution in [2.75, 3.05) is 20.3 Å². The van der Waals surface area contributed by atoms with Gasteiger partial charge in [0, 0.05) is 29.9 Å². The second-order valence-corrected chi connectivity index (χ2v) is 9.54. The molecule has 0 saturated carbocycles. The summed E-state index contributed by atoms with van der Waals surface area (Å²) in [5, 5.41) is 7.49. The van der Waals surface area contributed by atoms with Crippen molar-refractivity contribution in [1.29, 1.82) is 0 Å². The van der Waals surface area contributed by atoms with Gasteiger partial charge < -0.3 is 4.74 Å². The summed E-state index contributed by atoms with van der Waals surface area (Å²) in [6.07, 6.45) is 6.80. The summed E-state index contributed by atoms with van der Waals surface area (Å²) in [7, 11) is 1.78. The molecule has 1 aliphatic rings.